The molecule has 1 aromatic carbocycles. The van der Waals surface area contributed by atoms with Gasteiger partial charge in [-0.05, 0) is 29.7 Å². The molecule has 3 N–H and O–H groups in total. The van der Waals surface area contributed by atoms with E-state index in [0.29, 0.717) is 17.5 Å². The maximum atomic E-state index is 10.8. The number of benzene rings is 1. The zero-order valence-electron chi connectivity index (χ0n) is 8.45. The molecule has 1 aromatic rings. The lowest BCUT2D eigenvalue weighted by Gasteiger charge is -2.08. The summed E-state index contributed by atoms with van der Waals surface area (Å²) in [6, 6.07) is 5.05. The molecule has 0 spiro atoms. The molecule has 1 rings (SSSR count). The van der Waals surface area contributed by atoms with Gasteiger partial charge in [0.15, 0.2) is 0 Å². The van der Waals surface area contributed by atoms with E-state index in [2.05, 4.69) is 6.07 Å². The number of nitrogens with zero attached hydrogens (tertiary/aromatic N) is 1. The van der Waals surface area contributed by atoms with Crippen molar-refractivity contribution >= 4 is 5.97 Å². The van der Waals surface area contributed by atoms with Crippen LogP contribution in [-0.2, 0) is 13.0 Å². The van der Waals surface area contributed by atoms with Crippen LogP contribution in [0.3, 0.4) is 0 Å². The zero-order valence-corrected chi connectivity index (χ0v) is 8.45. The van der Waals surface area contributed by atoms with Gasteiger partial charge in [-0.3, -0.25) is 0 Å². The van der Waals surface area contributed by atoms with Crippen molar-refractivity contribution in [3.63, 3.8) is 0 Å². The summed E-state index contributed by atoms with van der Waals surface area (Å²) < 4.78 is 0. The summed E-state index contributed by atoms with van der Waals surface area (Å²) in [4.78, 5) is 10.8. The van der Waals surface area contributed by atoms with Gasteiger partial charge in [-0.25, -0.2) is 4.79 Å². The number of hydrogen-bond acceptors (Lipinski definition) is 3. The Balaban J connectivity index is 3.44. The Morgan fingerprint density at radius 2 is 2.13 bits per heavy atom. The fraction of sp³-hybridized carbons (Fsp3) is 0.273. The van der Waals surface area contributed by atoms with Gasteiger partial charge < -0.3 is 10.8 Å². The first-order chi connectivity index (χ1) is 7.13. The van der Waals surface area contributed by atoms with Gasteiger partial charge in [0.05, 0.1) is 17.2 Å². The van der Waals surface area contributed by atoms with E-state index in [4.69, 9.17) is 16.1 Å². The smallest absolute Gasteiger partial charge is 0.335 e. The molecule has 0 bridgehead atoms. The zero-order chi connectivity index (χ0) is 11.4. The number of aryl methyl sites for hydroxylation is 1. The van der Waals surface area contributed by atoms with E-state index in [-0.39, 0.29) is 12.1 Å². The van der Waals surface area contributed by atoms with Gasteiger partial charge in [0.25, 0.3) is 0 Å². The summed E-state index contributed by atoms with van der Waals surface area (Å²) in [6.07, 6.45) is 0.622. The first-order valence-corrected chi connectivity index (χ1v) is 4.63. The second kappa shape index (κ2) is 4.58. The molecule has 0 aliphatic rings. The molecule has 0 aliphatic heterocycles. The predicted molar refractivity (Wildman–Crippen MR) is 55.4 cm³/mol. The summed E-state index contributed by atoms with van der Waals surface area (Å²) in [6.45, 7) is 2.05. The number of aromatic carboxylic acids is 1. The van der Waals surface area contributed by atoms with Crippen LogP contribution in [0.2, 0.25) is 0 Å². The molecule has 78 valence electrons. The number of carboxylic acid groups (broad SMARTS) is 1. The number of carbonyl (C=O) groups is 1. The molecule has 0 atom stereocenters. The van der Waals surface area contributed by atoms with Crippen molar-refractivity contribution in [1.82, 2.24) is 0 Å². The van der Waals surface area contributed by atoms with Crippen LogP contribution >= 0.6 is 0 Å². The van der Waals surface area contributed by atoms with Crippen molar-refractivity contribution in [2.75, 3.05) is 0 Å². The highest BCUT2D eigenvalue weighted by Crippen LogP contribution is 2.17. The normalized spacial score (nSPS) is 9.67. The number of rotatable bonds is 3. The minimum Gasteiger partial charge on any atom is -0.478 e. The van der Waals surface area contributed by atoms with Crippen LogP contribution in [0.25, 0.3) is 0 Å². The molecular formula is C11H12N2O2. The van der Waals surface area contributed by atoms with Gasteiger partial charge in [0.2, 0.25) is 0 Å². The van der Waals surface area contributed by atoms with Crippen LogP contribution in [0.4, 0.5) is 0 Å². The van der Waals surface area contributed by atoms with Gasteiger partial charge in [0.1, 0.15) is 0 Å². The number of nitriles is 1. The summed E-state index contributed by atoms with van der Waals surface area (Å²) in [5.74, 6) is -0.996. The van der Waals surface area contributed by atoms with Crippen LogP contribution in [0.1, 0.15) is 34.0 Å². The monoisotopic (exact) mass is 204 g/mol. The number of hydrogen-bond donors (Lipinski definition) is 2. The van der Waals surface area contributed by atoms with Gasteiger partial charge in [0, 0.05) is 6.54 Å². The van der Waals surface area contributed by atoms with Crippen LogP contribution in [0.15, 0.2) is 12.1 Å². The average molecular weight is 204 g/mol. The molecule has 0 amide bonds. The molecule has 0 aliphatic carbocycles. The van der Waals surface area contributed by atoms with E-state index >= 15 is 0 Å². The quantitative estimate of drug-likeness (QED) is 0.776. The van der Waals surface area contributed by atoms with E-state index in [1.807, 2.05) is 6.92 Å². The molecular weight excluding hydrogens is 192 g/mol. The first kappa shape index (κ1) is 11.2. The second-order valence-electron chi connectivity index (χ2n) is 3.14. The molecule has 0 aromatic heterocycles. The highest BCUT2D eigenvalue weighted by molar-refractivity contribution is 5.88. The third kappa shape index (κ3) is 2.14. The van der Waals surface area contributed by atoms with Crippen molar-refractivity contribution in [3.8, 4) is 6.07 Å². The van der Waals surface area contributed by atoms with Crippen molar-refractivity contribution in [1.29, 1.82) is 5.26 Å². The lowest BCUT2D eigenvalue weighted by atomic mass is 9.97. The van der Waals surface area contributed by atoms with Gasteiger partial charge in [-0.2, -0.15) is 5.26 Å². The third-order valence-electron chi connectivity index (χ3n) is 2.26. The van der Waals surface area contributed by atoms with E-state index in [9.17, 15) is 4.79 Å². The molecule has 4 heteroatoms. The Labute approximate surface area is 87.9 Å². The average Bonchev–Trinajstić information content (AvgIpc) is 2.26. The largest absolute Gasteiger partial charge is 0.478 e. The molecule has 15 heavy (non-hydrogen) atoms. The number of carboxylic acids is 1. The van der Waals surface area contributed by atoms with Crippen molar-refractivity contribution in [2.45, 2.75) is 19.9 Å². The Kier molecular flexibility index (Phi) is 3.42. The van der Waals surface area contributed by atoms with Crippen molar-refractivity contribution in [3.05, 3.63) is 34.4 Å². The van der Waals surface area contributed by atoms with Crippen LogP contribution in [0, 0.1) is 11.3 Å². The van der Waals surface area contributed by atoms with Crippen LogP contribution in [-0.4, -0.2) is 11.1 Å². The highest BCUT2D eigenvalue weighted by Gasteiger charge is 2.11. The van der Waals surface area contributed by atoms with E-state index in [1.165, 1.54) is 12.1 Å². The predicted octanol–water partition coefficient (Wildman–Crippen LogP) is 1.28. The van der Waals surface area contributed by atoms with Crippen molar-refractivity contribution < 1.29 is 9.90 Å². The standard InChI is InChI=1S/C11H12N2O2/c1-2-7-3-8(11(14)15)4-9(5-12)10(7)6-13/h3-4H,2,5,12H2,1H3,(H,14,15). The van der Waals surface area contributed by atoms with Crippen LogP contribution < -0.4 is 5.73 Å². The van der Waals surface area contributed by atoms with E-state index in [0.717, 1.165) is 5.56 Å². The Morgan fingerprint density at radius 1 is 1.53 bits per heavy atom. The molecule has 4 nitrogen and oxygen atoms in total. The summed E-state index contributed by atoms with van der Waals surface area (Å²) in [5, 5.41) is 17.8. The van der Waals surface area contributed by atoms with E-state index in [1.54, 1.807) is 0 Å². The molecule has 0 unspecified atom stereocenters. The van der Waals surface area contributed by atoms with E-state index < -0.39 is 5.97 Å². The van der Waals surface area contributed by atoms with Gasteiger partial charge >= 0.3 is 5.97 Å². The lowest BCUT2D eigenvalue weighted by Crippen LogP contribution is -2.07. The maximum Gasteiger partial charge on any atom is 0.335 e. The highest BCUT2D eigenvalue weighted by atomic mass is 16.4. The Bertz CT molecular complexity index is 408. The number of nitrogens with two attached hydrogens (primary N) is 1. The summed E-state index contributed by atoms with van der Waals surface area (Å²) >= 11 is 0. The Morgan fingerprint density at radius 3 is 2.53 bits per heavy atom. The SMILES string of the molecule is CCc1cc(C(=O)O)cc(CN)c1C#N. The summed E-state index contributed by atoms with van der Waals surface area (Å²) in [7, 11) is 0. The maximum absolute atomic E-state index is 10.8. The molecule has 0 saturated carbocycles. The molecule has 0 saturated heterocycles. The van der Waals surface area contributed by atoms with Gasteiger partial charge in [-0.1, -0.05) is 6.92 Å². The van der Waals surface area contributed by atoms with Crippen molar-refractivity contribution in [2.24, 2.45) is 5.73 Å². The molecule has 0 heterocycles. The molecule has 0 radical (unpaired) electrons. The lowest BCUT2D eigenvalue weighted by molar-refractivity contribution is 0.0696. The fourth-order valence-corrected chi connectivity index (χ4v) is 1.47. The summed E-state index contributed by atoms with van der Waals surface area (Å²) in [5.41, 5.74) is 7.49. The second-order valence-corrected chi connectivity index (χ2v) is 3.14. The Hall–Kier alpha value is -1.86. The topological polar surface area (TPSA) is 87.1 Å². The van der Waals surface area contributed by atoms with Gasteiger partial charge in [-0.15, -0.1) is 0 Å². The third-order valence-corrected chi connectivity index (χ3v) is 2.26. The minimum absolute atomic E-state index is 0.178. The molecule has 0 fully saturated rings. The first-order valence-electron chi connectivity index (χ1n) is 4.63. The fourth-order valence-electron chi connectivity index (χ4n) is 1.47. The minimum atomic E-state index is -0.996. The van der Waals surface area contributed by atoms with Crippen LogP contribution in [0.5, 0.6) is 0 Å².